The number of hydrogen-bond donors (Lipinski definition) is 1. The number of aromatic nitrogens is 1. The maximum Gasteiger partial charge on any atom is 0.355 e. The van der Waals surface area contributed by atoms with Crippen molar-refractivity contribution >= 4 is 39.3 Å². The van der Waals surface area contributed by atoms with Gasteiger partial charge in [-0.3, -0.25) is 9.59 Å². The lowest BCUT2D eigenvalue weighted by atomic mass is 10.1. The van der Waals surface area contributed by atoms with E-state index in [1.165, 1.54) is 40.4 Å². The summed E-state index contributed by atoms with van der Waals surface area (Å²) >= 11 is 5.82. The smallest absolute Gasteiger partial charge is 0.355 e. The van der Waals surface area contributed by atoms with Gasteiger partial charge in [0.25, 0.3) is 5.91 Å². The maximum absolute atomic E-state index is 12.7. The Balaban J connectivity index is 1.56. The number of carbonyl (C=O) groups excluding carboxylic acids is 3. The number of aryl methyl sites for hydroxylation is 1. The zero-order chi connectivity index (χ0) is 23.6. The number of ketones is 1. The summed E-state index contributed by atoms with van der Waals surface area (Å²) in [7, 11) is -3.68. The summed E-state index contributed by atoms with van der Waals surface area (Å²) in [5, 5.41) is 0.441. The van der Waals surface area contributed by atoms with Gasteiger partial charge in [0.1, 0.15) is 5.69 Å². The quantitative estimate of drug-likeness (QED) is 0.499. The van der Waals surface area contributed by atoms with Crippen molar-refractivity contribution in [1.82, 2.24) is 14.2 Å². The van der Waals surface area contributed by atoms with Gasteiger partial charge in [-0.1, -0.05) is 11.6 Å². The van der Waals surface area contributed by atoms with Crippen LogP contribution in [0.2, 0.25) is 5.02 Å². The summed E-state index contributed by atoms with van der Waals surface area (Å²) < 4.78 is 31.9. The molecule has 1 aliphatic heterocycles. The Labute approximate surface area is 191 Å². The zero-order valence-corrected chi connectivity index (χ0v) is 19.5. The van der Waals surface area contributed by atoms with Crippen molar-refractivity contribution in [3.8, 4) is 0 Å². The van der Waals surface area contributed by atoms with Crippen molar-refractivity contribution < 1.29 is 27.5 Å². The number of H-pyrrole nitrogens is 1. The first-order chi connectivity index (χ1) is 15.0. The summed E-state index contributed by atoms with van der Waals surface area (Å²) in [5.41, 5.74) is 1.61. The monoisotopic (exact) mass is 481 g/mol. The molecule has 0 unspecified atom stereocenters. The van der Waals surface area contributed by atoms with Crippen LogP contribution in [0, 0.1) is 13.8 Å². The molecule has 0 spiro atoms. The number of aromatic amines is 1. The van der Waals surface area contributed by atoms with Gasteiger partial charge in [0, 0.05) is 42.5 Å². The Kier molecular flexibility index (Phi) is 7.06. The third kappa shape index (κ3) is 4.87. The van der Waals surface area contributed by atoms with Gasteiger partial charge in [-0.25, -0.2) is 13.2 Å². The average molecular weight is 482 g/mol. The van der Waals surface area contributed by atoms with E-state index in [0.29, 0.717) is 21.8 Å². The van der Waals surface area contributed by atoms with Gasteiger partial charge in [0.05, 0.1) is 4.90 Å². The van der Waals surface area contributed by atoms with Gasteiger partial charge in [-0.15, -0.1) is 0 Å². The van der Waals surface area contributed by atoms with Crippen LogP contribution in [-0.2, 0) is 19.6 Å². The molecule has 2 heterocycles. The number of piperazine rings is 1. The van der Waals surface area contributed by atoms with Gasteiger partial charge in [-0.2, -0.15) is 4.31 Å². The first-order valence-corrected chi connectivity index (χ1v) is 11.7. The fourth-order valence-electron chi connectivity index (χ4n) is 3.71. The highest BCUT2D eigenvalue weighted by molar-refractivity contribution is 7.89. The molecule has 0 bridgehead atoms. The van der Waals surface area contributed by atoms with Crippen LogP contribution in [0.4, 0.5) is 0 Å². The van der Waals surface area contributed by atoms with Crippen LogP contribution in [0.25, 0.3) is 0 Å². The van der Waals surface area contributed by atoms with E-state index in [-0.39, 0.29) is 42.6 Å². The summed E-state index contributed by atoms with van der Waals surface area (Å²) in [6, 6.07) is 5.90. The lowest BCUT2D eigenvalue weighted by Gasteiger charge is -2.33. The molecule has 32 heavy (non-hydrogen) atoms. The second kappa shape index (κ2) is 9.43. The molecule has 1 saturated heterocycles. The van der Waals surface area contributed by atoms with E-state index in [2.05, 4.69) is 4.98 Å². The molecule has 0 atom stereocenters. The normalized spacial score (nSPS) is 14.9. The van der Waals surface area contributed by atoms with Crippen LogP contribution in [0.5, 0.6) is 0 Å². The van der Waals surface area contributed by atoms with Gasteiger partial charge >= 0.3 is 5.97 Å². The van der Waals surface area contributed by atoms with E-state index in [4.69, 9.17) is 16.3 Å². The molecular formula is C21H24ClN3O6S. The van der Waals surface area contributed by atoms with Gasteiger partial charge < -0.3 is 14.6 Å². The zero-order valence-electron chi connectivity index (χ0n) is 18.0. The SMILES string of the molecule is CC(=O)c1c(C)[nH]c(C(=O)OCC(=O)N2CCN(S(=O)(=O)c3ccc(Cl)cc3)CC2)c1C. The minimum absolute atomic E-state index is 0.127. The number of amides is 1. The molecule has 0 radical (unpaired) electrons. The summed E-state index contributed by atoms with van der Waals surface area (Å²) in [6.07, 6.45) is 0. The molecule has 3 rings (SSSR count). The van der Waals surface area contributed by atoms with Gasteiger partial charge in [0.15, 0.2) is 12.4 Å². The minimum Gasteiger partial charge on any atom is -0.451 e. The van der Waals surface area contributed by atoms with Crippen LogP contribution >= 0.6 is 11.6 Å². The molecule has 0 saturated carbocycles. The molecule has 1 aliphatic rings. The molecule has 9 nitrogen and oxygen atoms in total. The van der Waals surface area contributed by atoms with Crippen LogP contribution in [0.1, 0.15) is 39.0 Å². The molecular weight excluding hydrogens is 458 g/mol. The molecule has 11 heteroatoms. The van der Waals surface area contributed by atoms with Gasteiger partial charge in [0.2, 0.25) is 10.0 Å². The largest absolute Gasteiger partial charge is 0.451 e. The number of sulfonamides is 1. The lowest BCUT2D eigenvalue weighted by molar-refractivity contribution is -0.135. The van der Waals surface area contributed by atoms with E-state index < -0.39 is 28.5 Å². The predicted molar refractivity (Wildman–Crippen MR) is 117 cm³/mol. The number of esters is 1. The van der Waals surface area contributed by atoms with Crippen molar-refractivity contribution in [2.45, 2.75) is 25.7 Å². The van der Waals surface area contributed by atoms with Crippen LogP contribution < -0.4 is 0 Å². The van der Waals surface area contributed by atoms with Crippen molar-refractivity contribution in [2.75, 3.05) is 32.8 Å². The highest BCUT2D eigenvalue weighted by Gasteiger charge is 2.30. The summed E-state index contributed by atoms with van der Waals surface area (Å²) in [5.74, 6) is -1.32. The number of ether oxygens (including phenoxy) is 1. The lowest BCUT2D eigenvalue weighted by Crippen LogP contribution is -2.51. The van der Waals surface area contributed by atoms with Crippen molar-refractivity contribution in [1.29, 1.82) is 0 Å². The first-order valence-electron chi connectivity index (χ1n) is 9.93. The minimum atomic E-state index is -3.68. The van der Waals surface area contributed by atoms with Crippen molar-refractivity contribution in [3.63, 3.8) is 0 Å². The molecule has 0 aliphatic carbocycles. The highest BCUT2D eigenvalue weighted by atomic mass is 35.5. The number of nitrogens with zero attached hydrogens (tertiary/aromatic N) is 2. The van der Waals surface area contributed by atoms with Crippen LogP contribution in [-0.4, -0.2) is 73.1 Å². The van der Waals surface area contributed by atoms with E-state index in [1.54, 1.807) is 13.8 Å². The van der Waals surface area contributed by atoms with Gasteiger partial charge in [-0.05, 0) is 50.6 Å². The Morgan fingerprint density at radius 3 is 2.19 bits per heavy atom. The van der Waals surface area contributed by atoms with E-state index in [1.807, 2.05) is 0 Å². The third-order valence-corrected chi connectivity index (χ3v) is 7.53. The number of benzene rings is 1. The van der Waals surface area contributed by atoms with E-state index in [9.17, 15) is 22.8 Å². The van der Waals surface area contributed by atoms with E-state index in [0.717, 1.165) is 0 Å². The Morgan fingerprint density at radius 2 is 1.66 bits per heavy atom. The number of nitrogens with one attached hydrogen (secondary N) is 1. The molecule has 1 aromatic heterocycles. The Hall–Kier alpha value is -2.69. The molecule has 1 aromatic carbocycles. The van der Waals surface area contributed by atoms with Crippen LogP contribution in [0.3, 0.4) is 0 Å². The predicted octanol–water partition coefficient (Wildman–Crippen LogP) is 2.18. The Bertz CT molecular complexity index is 1150. The summed E-state index contributed by atoms with van der Waals surface area (Å²) in [6.45, 7) is 4.87. The standard InChI is InChI=1S/C21H24ClN3O6S/c1-13-19(15(3)26)14(2)23-20(13)21(28)31-12-18(27)24-8-10-25(11-9-24)32(29,30)17-6-4-16(22)5-7-17/h4-7,23H,8-12H2,1-3H3. The molecule has 1 amide bonds. The second-order valence-electron chi connectivity index (χ2n) is 7.50. The third-order valence-electron chi connectivity index (χ3n) is 5.36. The fourth-order valence-corrected chi connectivity index (χ4v) is 5.25. The molecule has 172 valence electrons. The average Bonchev–Trinajstić information content (AvgIpc) is 3.06. The van der Waals surface area contributed by atoms with Crippen molar-refractivity contribution in [3.05, 3.63) is 51.8 Å². The second-order valence-corrected chi connectivity index (χ2v) is 9.87. The topological polar surface area (TPSA) is 117 Å². The first kappa shape index (κ1) is 24.0. The number of carbonyl (C=O) groups is 3. The number of halogens is 1. The number of rotatable bonds is 6. The molecule has 1 N–H and O–H groups in total. The van der Waals surface area contributed by atoms with E-state index >= 15 is 0 Å². The maximum atomic E-state index is 12.7. The number of Topliss-reactive ketones (excluding diaryl/α,β-unsaturated/α-hetero) is 1. The molecule has 2 aromatic rings. The fraction of sp³-hybridized carbons (Fsp3) is 0.381. The summed E-state index contributed by atoms with van der Waals surface area (Å²) in [4.78, 5) is 41.0. The molecule has 1 fully saturated rings. The van der Waals surface area contributed by atoms with Crippen molar-refractivity contribution in [2.24, 2.45) is 0 Å². The Morgan fingerprint density at radius 1 is 1.06 bits per heavy atom. The van der Waals surface area contributed by atoms with Crippen LogP contribution in [0.15, 0.2) is 29.2 Å². The number of hydrogen-bond acceptors (Lipinski definition) is 6. The highest BCUT2D eigenvalue weighted by Crippen LogP contribution is 2.21.